The summed E-state index contributed by atoms with van der Waals surface area (Å²) in [5.41, 5.74) is 1.37. The number of nitrogens with one attached hydrogen (secondary N) is 2. The van der Waals surface area contributed by atoms with Crippen molar-refractivity contribution in [2.45, 2.75) is 52.9 Å². The lowest BCUT2D eigenvalue weighted by molar-refractivity contribution is 0.0755. The second-order valence-electron chi connectivity index (χ2n) is 7.99. The Balaban J connectivity index is 1.77. The summed E-state index contributed by atoms with van der Waals surface area (Å²) in [6.07, 6.45) is 5.38. The van der Waals surface area contributed by atoms with E-state index >= 15 is 0 Å². The van der Waals surface area contributed by atoms with E-state index in [0.717, 1.165) is 51.9 Å². The van der Waals surface area contributed by atoms with E-state index in [9.17, 15) is 9.59 Å². The number of carbonyl (C=O) groups excluding carboxylic acids is 2. The molecule has 0 bridgehead atoms. The van der Waals surface area contributed by atoms with Gasteiger partial charge in [0.25, 0.3) is 5.91 Å². The highest BCUT2D eigenvalue weighted by molar-refractivity contribution is 5.95. The van der Waals surface area contributed by atoms with Crippen molar-refractivity contribution < 1.29 is 9.59 Å². The molecule has 1 fully saturated rings. The lowest BCUT2D eigenvalue weighted by Gasteiger charge is -2.31. The Labute approximate surface area is 176 Å². The number of amides is 3. The largest absolute Gasteiger partial charge is 0.339 e. The molecule has 0 unspecified atom stereocenters. The molecule has 0 saturated carbocycles. The molecule has 2 N–H and O–H groups in total. The minimum atomic E-state index is -0.182. The summed E-state index contributed by atoms with van der Waals surface area (Å²) >= 11 is 0. The summed E-state index contributed by atoms with van der Waals surface area (Å²) in [5.74, 6) is 0.607. The monoisotopic (exact) mass is 402 g/mol. The van der Waals surface area contributed by atoms with Crippen molar-refractivity contribution >= 4 is 17.6 Å². The maximum atomic E-state index is 12.6. The molecule has 0 atom stereocenters. The number of urea groups is 1. The molecule has 29 heavy (non-hydrogen) atoms. The second-order valence-corrected chi connectivity index (χ2v) is 7.99. The van der Waals surface area contributed by atoms with E-state index in [-0.39, 0.29) is 11.9 Å². The molecule has 1 aromatic carbocycles. The van der Waals surface area contributed by atoms with Gasteiger partial charge in [0, 0.05) is 30.9 Å². The van der Waals surface area contributed by atoms with Crippen molar-refractivity contribution in [3.63, 3.8) is 0 Å². The first-order chi connectivity index (χ1) is 14.1. The van der Waals surface area contributed by atoms with Gasteiger partial charge >= 0.3 is 6.03 Å². The minimum Gasteiger partial charge on any atom is -0.339 e. The number of hydrogen-bond acceptors (Lipinski definition) is 3. The van der Waals surface area contributed by atoms with Crippen LogP contribution in [0.1, 0.15) is 63.2 Å². The Morgan fingerprint density at radius 2 is 1.62 bits per heavy atom. The second kappa shape index (κ2) is 12.5. The number of benzene rings is 1. The van der Waals surface area contributed by atoms with E-state index < -0.39 is 0 Å². The molecule has 6 nitrogen and oxygen atoms in total. The van der Waals surface area contributed by atoms with E-state index in [2.05, 4.69) is 36.3 Å². The zero-order valence-electron chi connectivity index (χ0n) is 18.4. The fourth-order valence-corrected chi connectivity index (χ4v) is 3.88. The molecule has 1 heterocycles. The molecule has 0 aliphatic carbocycles. The van der Waals surface area contributed by atoms with Crippen LogP contribution in [0.2, 0.25) is 0 Å². The van der Waals surface area contributed by atoms with Crippen LogP contribution in [0.15, 0.2) is 24.3 Å². The van der Waals surface area contributed by atoms with Crippen molar-refractivity contribution in [3.05, 3.63) is 29.8 Å². The number of nitrogens with zero attached hydrogens (tertiary/aromatic N) is 2. The number of hydrogen-bond donors (Lipinski definition) is 2. The van der Waals surface area contributed by atoms with Crippen molar-refractivity contribution in [1.29, 1.82) is 0 Å². The van der Waals surface area contributed by atoms with Crippen LogP contribution in [-0.4, -0.2) is 61.0 Å². The SMILES string of the molecule is CCCN1CCC(CNC(=O)Nc2ccc(C(=O)N(CCC)CCC)cc2)CC1. The predicted molar refractivity (Wildman–Crippen MR) is 119 cm³/mol. The quantitative estimate of drug-likeness (QED) is 0.617. The third kappa shape index (κ3) is 7.69. The fourth-order valence-electron chi connectivity index (χ4n) is 3.88. The minimum absolute atomic E-state index is 0.0547. The highest BCUT2D eigenvalue weighted by atomic mass is 16.2. The standard InChI is InChI=1S/C23H38N4O2/c1-4-13-26-16-11-19(12-17-26)18-24-23(29)25-21-9-7-20(8-10-21)22(28)27(14-5-2)15-6-3/h7-10,19H,4-6,11-18H2,1-3H3,(H2,24,25,29). The van der Waals surface area contributed by atoms with E-state index in [1.165, 1.54) is 13.0 Å². The van der Waals surface area contributed by atoms with Crippen LogP contribution in [0.3, 0.4) is 0 Å². The first-order valence-corrected chi connectivity index (χ1v) is 11.2. The maximum absolute atomic E-state index is 12.6. The molecular weight excluding hydrogens is 364 g/mol. The number of anilines is 1. The molecule has 2 rings (SSSR count). The third-order valence-corrected chi connectivity index (χ3v) is 5.46. The van der Waals surface area contributed by atoms with Gasteiger partial charge in [-0.1, -0.05) is 20.8 Å². The van der Waals surface area contributed by atoms with Gasteiger partial charge in [0.1, 0.15) is 0 Å². The summed E-state index contributed by atoms with van der Waals surface area (Å²) in [6, 6.07) is 7.00. The smallest absolute Gasteiger partial charge is 0.319 e. The van der Waals surface area contributed by atoms with E-state index in [1.807, 2.05) is 4.90 Å². The maximum Gasteiger partial charge on any atom is 0.319 e. The lowest BCUT2D eigenvalue weighted by atomic mass is 9.97. The van der Waals surface area contributed by atoms with Crippen molar-refractivity contribution in [3.8, 4) is 0 Å². The van der Waals surface area contributed by atoms with Gasteiger partial charge in [-0.2, -0.15) is 0 Å². The van der Waals surface area contributed by atoms with E-state index in [0.29, 0.717) is 23.7 Å². The van der Waals surface area contributed by atoms with Gasteiger partial charge in [0.05, 0.1) is 0 Å². The molecule has 6 heteroatoms. The van der Waals surface area contributed by atoms with E-state index in [1.54, 1.807) is 24.3 Å². The normalized spacial score (nSPS) is 15.1. The van der Waals surface area contributed by atoms with Crippen LogP contribution in [-0.2, 0) is 0 Å². The number of piperidine rings is 1. The molecule has 1 aliphatic heterocycles. The molecule has 1 aromatic rings. The van der Waals surface area contributed by atoms with Gasteiger partial charge in [-0.05, 0) is 81.9 Å². The fraction of sp³-hybridized carbons (Fsp3) is 0.652. The number of likely N-dealkylation sites (tertiary alicyclic amines) is 1. The van der Waals surface area contributed by atoms with Gasteiger partial charge in [-0.25, -0.2) is 4.79 Å². The highest BCUT2D eigenvalue weighted by Crippen LogP contribution is 2.17. The molecule has 0 radical (unpaired) electrons. The lowest BCUT2D eigenvalue weighted by Crippen LogP contribution is -2.40. The Morgan fingerprint density at radius 3 is 2.17 bits per heavy atom. The average molecular weight is 403 g/mol. The first kappa shape index (κ1) is 23.2. The van der Waals surface area contributed by atoms with Crippen LogP contribution in [0, 0.1) is 5.92 Å². The first-order valence-electron chi connectivity index (χ1n) is 11.2. The van der Waals surface area contributed by atoms with E-state index in [4.69, 9.17) is 0 Å². The Bertz CT molecular complexity index is 618. The van der Waals surface area contributed by atoms with Gasteiger partial charge in [0.2, 0.25) is 0 Å². The molecular formula is C23H38N4O2. The molecule has 1 aliphatic rings. The van der Waals surface area contributed by atoms with Crippen molar-refractivity contribution in [2.75, 3.05) is 44.6 Å². The Hall–Kier alpha value is -2.08. The summed E-state index contributed by atoms with van der Waals surface area (Å²) in [7, 11) is 0. The van der Waals surface area contributed by atoms with Gasteiger partial charge in [0.15, 0.2) is 0 Å². The van der Waals surface area contributed by atoms with Crippen LogP contribution in [0.4, 0.5) is 10.5 Å². The summed E-state index contributed by atoms with van der Waals surface area (Å²) in [6.45, 7) is 12.1. The number of rotatable bonds is 10. The highest BCUT2D eigenvalue weighted by Gasteiger charge is 2.19. The third-order valence-electron chi connectivity index (χ3n) is 5.46. The van der Waals surface area contributed by atoms with Crippen LogP contribution in [0.25, 0.3) is 0 Å². The van der Waals surface area contributed by atoms with Crippen molar-refractivity contribution in [1.82, 2.24) is 15.1 Å². The Kier molecular flexibility index (Phi) is 9.98. The molecule has 0 spiro atoms. The zero-order valence-corrected chi connectivity index (χ0v) is 18.4. The van der Waals surface area contributed by atoms with Crippen molar-refractivity contribution in [2.24, 2.45) is 5.92 Å². The number of carbonyl (C=O) groups is 2. The average Bonchev–Trinajstić information content (AvgIpc) is 2.73. The van der Waals surface area contributed by atoms with Crippen LogP contribution in [0.5, 0.6) is 0 Å². The molecule has 0 aromatic heterocycles. The summed E-state index contributed by atoms with van der Waals surface area (Å²) in [5, 5.41) is 5.86. The molecule has 162 valence electrons. The van der Waals surface area contributed by atoms with Gasteiger partial charge in [-0.15, -0.1) is 0 Å². The summed E-state index contributed by atoms with van der Waals surface area (Å²) in [4.78, 5) is 29.2. The van der Waals surface area contributed by atoms with Crippen LogP contribution < -0.4 is 10.6 Å². The predicted octanol–water partition coefficient (Wildman–Crippen LogP) is 4.19. The topological polar surface area (TPSA) is 64.7 Å². The Morgan fingerprint density at radius 1 is 1.00 bits per heavy atom. The molecule has 3 amide bonds. The van der Waals surface area contributed by atoms with Gasteiger partial charge < -0.3 is 20.4 Å². The molecule has 1 saturated heterocycles. The van der Waals surface area contributed by atoms with Crippen LogP contribution >= 0.6 is 0 Å². The zero-order chi connectivity index (χ0) is 21.1. The van der Waals surface area contributed by atoms with Gasteiger partial charge in [-0.3, -0.25) is 4.79 Å². The summed E-state index contributed by atoms with van der Waals surface area (Å²) < 4.78 is 0.